The van der Waals surface area contributed by atoms with Gasteiger partial charge in [0.15, 0.2) is 0 Å². The standard InChI is InChI=1S/C19H21N3O3/c20-17(14-6-2-1-3-7-14)19(25)22-12-10-21(11-13-22)18(24)15-8-4-5-9-16(15)23/h1-9,17,23H,10-13,20H2. The zero-order valence-corrected chi connectivity index (χ0v) is 13.8. The van der Waals surface area contributed by atoms with Crippen molar-refractivity contribution in [1.82, 2.24) is 9.80 Å². The molecule has 0 aliphatic carbocycles. The number of hydrogen-bond acceptors (Lipinski definition) is 4. The summed E-state index contributed by atoms with van der Waals surface area (Å²) in [4.78, 5) is 28.4. The molecule has 6 heteroatoms. The van der Waals surface area contributed by atoms with Gasteiger partial charge in [0.1, 0.15) is 11.8 Å². The highest BCUT2D eigenvalue weighted by Crippen LogP contribution is 2.20. The van der Waals surface area contributed by atoms with Crippen molar-refractivity contribution in [1.29, 1.82) is 0 Å². The summed E-state index contributed by atoms with van der Waals surface area (Å²) in [5.74, 6) is -0.393. The van der Waals surface area contributed by atoms with Gasteiger partial charge in [-0.3, -0.25) is 9.59 Å². The largest absolute Gasteiger partial charge is 0.507 e. The molecule has 1 saturated heterocycles. The lowest BCUT2D eigenvalue weighted by Crippen LogP contribution is -2.52. The van der Waals surface area contributed by atoms with Crippen molar-refractivity contribution in [2.45, 2.75) is 6.04 Å². The highest BCUT2D eigenvalue weighted by molar-refractivity contribution is 5.97. The maximum atomic E-state index is 12.6. The van der Waals surface area contributed by atoms with Gasteiger partial charge in [0.2, 0.25) is 5.91 Å². The van der Waals surface area contributed by atoms with E-state index in [2.05, 4.69) is 0 Å². The molecule has 3 rings (SSSR count). The van der Waals surface area contributed by atoms with Crippen LogP contribution in [0.5, 0.6) is 5.75 Å². The predicted molar refractivity (Wildman–Crippen MR) is 94.0 cm³/mol. The zero-order chi connectivity index (χ0) is 17.8. The zero-order valence-electron chi connectivity index (χ0n) is 13.8. The molecule has 0 bridgehead atoms. The Labute approximate surface area is 146 Å². The summed E-state index contributed by atoms with van der Waals surface area (Å²) in [5.41, 5.74) is 7.13. The number of carbonyl (C=O) groups is 2. The first-order valence-electron chi connectivity index (χ1n) is 8.24. The summed E-state index contributed by atoms with van der Waals surface area (Å²) in [6, 6.07) is 15.0. The van der Waals surface area contributed by atoms with Crippen LogP contribution in [0.4, 0.5) is 0 Å². The highest BCUT2D eigenvalue weighted by Gasteiger charge is 2.28. The normalized spacial score (nSPS) is 15.7. The van der Waals surface area contributed by atoms with Gasteiger partial charge < -0.3 is 20.6 Å². The van der Waals surface area contributed by atoms with Gasteiger partial charge in [0.25, 0.3) is 5.91 Å². The average molecular weight is 339 g/mol. The molecular formula is C19H21N3O3. The number of carbonyl (C=O) groups excluding carboxylic acids is 2. The molecule has 0 spiro atoms. The first-order chi connectivity index (χ1) is 12.1. The van der Waals surface area contributed by atoms with Gasteiger partial charge in [-0.2, -0.15) is 0 Å². The van der Waals surface area contributed by atoms with Crippen molar-refractivity contribution in [2.24, 2.45) is 5.73 Å². The maximum absolute atomic E-state index is 12.6. The summed E-state index contributed by atoms with van der Waals surface area (Å²) in [7, 11) is 0. The fourth-order valence-corrected chi connectivity index (χ4v) is 2.95. The number of piperazine rings is 1. The lowest BCUT2D eigenvalue weighted by Gasteiger charge is -2.36. The Morgan fingerprint density at radius 2 is 1.44 bits per heavy atom. The minimum atomic E-state index is -0.693. The molecule has 3 N–H and O–H groups in total. The number of para-hydroxylation sites is 1. The van der Waals surface area contributed by atoms with Crippen molar-refractivity contribution in [3.8, 4) is 5.75 Å². The van der Waals surface area contributed by atoms with Gasteiger partial charge in [0, 0.05) is 26.2 Å². The van der Waals surface area contributed by atoms with Crippen LogP contribution in [0.1, 0.15) is 22.0 Å². The van der Waals surface area contributed by atoms with Crippen molar-refractivity contribution < 1.29 is 14.7 Å². The molecule has 0 aromatic heterocycles. The van der Waals surface area contributed by atoms with E-state index in [0.717, 1.165) is 5.56 Å². The number of nitrogens with zero attached hydrogens (tertiary/aromatic N) is 2. The smallest absolute Gasteiger partial charge is 0.257 e. The number of rotatable bonds is 3. The third-order valence-corrected chi connectivity index (χ3v) is 4.44. The molecule has 2 amide bonds. The summed E-state index contributed by atoms with van der Waals surface area (Å²) in [6.07, 6.45) is 0. The SMILES string of the molecule is NC(C(=O)N1CCN(C(=O)c2ccccc2O)CC1)c1ccccc1. The first kappa shape index (κ1) is 17.0. The fraction of sp³-hybridized carbons (Fsp3) is 0.263. The Morgan fingerprint density at radius 3 is 2.08 bits per heavy atom. The molecule has 1 fully saturated rings. The van der Waals surface area contributed by atoms with E-state index in [0.29, 0.717) is 26.2 Å². The van der Waals surface area contributed by atoms with Crippen molar-refractivity contribution in [3.05, 3.63) is 65.7 Å². The Bertz CT molecular complexity index is 756. The van der Waals surface area contributed by atoms with Crippen LogP contribution >= 0.6 is 0 Å². The van der Waals surface area contributed by atoms with Crippen molar-refractivity contribution >= 4 is 11.8 Å². The predicted octanol–water partition coefficient (Wildman–Crippen LogP) is 1.38. The van der Waals surface area contributed by atoms with Gasteiger partial charge in [-0.25, -0.2) is 0 Å². The molecule has 25 heavy (non-hydrogen) atoms. The Kier molecular flexibility index (Phi) is 5.00. The molecule has 1 unspecified atom stereocenters. The van der Waals surface area contributed by atoms with E-state index in [-0.39, 0.29) is 23.1 Å². The average Bonchev–Trinajstić information content (AvgIpc) is 2.67. The van der Waals surface area contributed by atoms with E-state index in [1.807, 2.05) is 30.3 Å². The second kappa shape index (κ2) is 7.36. The van der Waals surface area contributed by atoms with Crippen LogP contribution < -0.4 is 5.73 Å². The van der Waals surface area contributed by atoms with Gasteiger partial charge in [-0.05, 0) is 17.7 Å². The summed E-state index contributed by atoms with van der Waals surface area (Å²) < 4.78 is 0. The Balaban J connectivity index is 1.61. The summed E-state index contributed by atoms with van der Waals surface area (Å²) in [5, 5.41) is 9.82. The molecule has 1 aliphatic rings. The third-order valence-electron chi connectivity index (χ3n) is 4.44. The lowest BCUT2D eigenvalue weighted by atomic mass is 10.1. The first-order valence-corrected chi connectivity index (χ1v) is 8.24. The Hall–Kier alpha value is -2.86. The van der Waals surface area contributed by atoms with E-state index in [1.165, 1.54) is 6.07 Å². The summed E-state index contributed by atoms with van der Waals surface area (Å²) >= 11 is 0. The minimum absolute atomic E-state index is 0.0305. The minimum Gasteiger partial charge on any atom is -0.507 e. The van der Waals surface area contributed by atoms with Crippen LogP contribution in [-0.2, 0) is 4.79 Å². The molecule has 2 aromatic rings. The second-order valence-electron chi connectivity index (χ2n) is 6.02. The van der Waals surface area contributed by atoms with E-state index in [1.54, 1.807) is 28.0 Å². The van der Waals surface area contributed by atoms with Gasteiger partial charge in [0.05, 0.1) is 5.56 Å². The number of nitrogens with two attached hydrogens (primary N) is 1. The number of hydrogen-bond donors (Lipinski definition) is 2. The molecule has 6 nitrogen and oxygen atoms in total. The molecule has 130 valence electrons. The molecular weight excluding hydrogens is 318 g/mol. The van der Waals surface area contributed by atoms with Crippen LogP contribution in [0.2, 0.25) is 0 Å². The summed E-state index contributed by atoms with van der Waals surface area (Å²) in [6.45, 7) is 1.69. The Morgan fingerprint density at radius 1 is 0.880 bits per heavy atom. The molecule has 1 aliphatic heterocycles. The molecule has 0 saturated carbocycles. The fourth-order valence-electron chi connectivity index (χ4n) is 2.95. The van der Waals surface area contributed by atoms with Gasteiger partial charge >= 0.3 is 0 Å². The van der Waals surface area contributed by atoms with Crippen LogP contribution in [0.25, 0.3) is 0 Å². The third kappa shape index (κ3) is 3.64. The van der Waals surface area contributed by atoms with Crippen LogP contribution in [-0.4, -0.2) is 52.9 Å². The van der Waals surface area contributed by atoms with Crippen LogP contribution in [0, 0.1) is 0 Å². The number of benzene rings is 2. The quantitative estimate of drug-likeness (QED) is 0.884. The van der Waals surface area contributed by atoms with E-state index in [9.17, 15) is 14.7 Å². The maximum Gasteiger partial charge on any atom is 0.257 e. The van der Waals surface area contributed by atoms with Crippen LogP contribution in [0.3, 0.4) is 0 Å². The molecule has 0 radical (unpaired) electrons. The van der Waals surface area contributed by atoms with Crippen molar-refractivity contribution in [2.75, 3.05) is 26.2 Å². The van der Waals surface area contributed by atoms with Gasteiger partial charge in [-0.1, -0.05) is 42.5 Å². The highest BCUT2D eigenvalue weighted by atomic mass is 16.3. The lowest BCUT2D eigenvalue weighted by molar-refractivity contribution is -0.134. The monoisotopic (exact) mass is 339 g/mol. The number of phenolic OH excluding ortho intramolecular Hbond substituents is 1. The molecule has 2 aromatic carbocycles. The van der Waals surface area contributed by atoms with E-state index >= 15 is 0 Å². The topological polar surface area (TPSA) is 86.9 Å². The van der Waals surface area contributed by atoms with Crippen LogP contribution in [0.15, 0.2) is 54.6 Å². The molecule has 1 atom stereocenters. The van der Waals surface area contributed by atoms with Gasteiger partial charge in [-0.15, -0.1) is 0 Å². The van der Waals surface area contributed by atoms with E-state index < -0.39 is 6.04 Å². The molecule has 1 heterocycles. The number of aromatic hydroxyl groups is 1. The second-order valence-corrected chi connectivity index (χ2v) is 6.02. The number of amides is 2. The van der Waals surface area contributed by atoms with Crippen molar-refractivity contribution in [3.63, 3.8) is 0 Å². The van der Waals surface area contributed by atoms with E-state index in [4.69, 9.17) is 5.73 Å². The number of phenols is 1.